The van der Waals surface area contributed by atoms with Crippen LogP contribution < -0.4 is 0 Å². The number of hydrogen-bond acceptors (Lipinski definition) is 1. The minimum absolute atomic E-state index is 0.722. The van der Waals surface area contributed by atoms with E-state index < -0.39 is 6.11 Å². The van der Waals surface area contributed by atoms with E-state index >= 15 is 0 Å². The molecule has 0 bridgehead atoms. The molecule has 0 heterocycles. The predicted octanol–water partition coefficient (Wildman–Crippen LogP) is 2.94. The first-order valence-electron chi connectivity index (χ1n) is 3.81. The van der Waals surface area contributed by atoms with Crippen molar-refractivity contribution in [2.75, 3.05) is 7.11 Å². The van der Waals surface area contributed by atoms with Crippen LogP contribution in [-0.4, -0.2) is 13.2 Å². The quantitative estimate of drug-likeness (QED) is 0.701. The van der Waals surface area contributed by atoms with Crippen molar-refractivity contribution in [3.05, 3.63) is 42.0 Å². The molecular weight excluding hydrogens is 174 g/mol. The number of benzene rings is 1. The summed E-state index contributed by atoms with van der Waals surface area (Å²) in [5.74, 6) is 0. The van der Waals surface area contributed by atoms with Crippen molar-refractivity contribution in [3.63, 3.8) is 0 Å². The highest BCUT2D eigenvalue weighted by Gasteiger charge is 2.22. The van der Waals surface area contributed by atoms with Gasteiger partial charge in [-0.05, 0) is 5.56 Å². The highest BCUT2D eigenvalue weighted by atomic mass is 19.3. The zero-order valence-electron chi connectivity index (χ0n) is 7.21. The molecule has 0 aliphatic rings. The van der Waals surface area contributed by atoms with Gasteiger partial charge in [0.2, 0.25) is 0 Å². The molecular formula is C10H10F2O. The van der Waals surface area contributed by atoms with Crippen LogP contribution in [0.5, 0.6) is 0 Å². The van der Waals surface area contributed by atoms with E-state index in [1.807, 2.05) is 6.07 Å². The fourth-order valence-corrected chi connectivity index (χ4v) is 0.825. The average molecular weight is 184 g/mol. The summed E-state index contributed by atoms with van der Waals surface area (Å²) in [5, 5.41) is 0. The van der Waals surface area contributed by atoms with Crippen LogP contribution in [0.15, 0.2) is 36.4 Å². The zero-order valence-corrected chi connectivity index (χ0v) is 7.21. The van der Waals surface area contributed by atoms with Crippen molar-refractivity contribution in [1.29, 1.82) is 0 Å². The molecule has 0 radical (unpaired) electrons. The number of rotatable bonds is 3. The van der Waals surface area contributed by atoms with Gasteiger partial charge < -0.3 is 4.74 Å². The van der Waals surface area contributed by atoms with Crippen LogP contribution in [0.2, 0.25) is 0 Å². The Labute approximate surface area is 75.6 Å². The molecule has 0 aliphatic carbocycles. The molecule has 0 aromatic heterocycles. The lowest BCUT2D eigenvalue weighted by Crippen LogP contribution is -2.13. The molecule has 70 valence electrons. The molecule has 0 N–H and O–H groups in total. The van der Waals surface area contributed by atoms with Gasteiger partial charge in [0.05, 0.1) is 0 Å². The summed E-state index contributed by atoms with van der Waals surface area (Å²) in [7, 11) is 0.968. The first kappa shape index (κ1) is 9.86. The summed E-state index contributed by atoms with van der Waals surface area (Å²) in [5.41, 5.74) is 0.722. The first-order chi connectivity index (χ1) is 6.14. The van der Waals surface area contributed by atoms with E-state index in [9.17, 15) is 8.78 Å². The molecule has 3 heteroatoms. The highest BCUT2D eigenvalue weighted by Crippen LogP contribution is 2.17. The molecule has 1 nitrogen and oxygen atoms in total. The lowest BCUT2D eigenvalue weighted by atomic mass is 10.2. The third-order valence-electron chi connectivity index (χ3n) is 1.54. The van der Waals surface area contributed by atoms with Gasteiger partial charge in [0.25, 0.3) is 0 Å². The molecule has 13 heavy (non-hydrogen) atoms. The Bertz CT molecular complexity index is 280. The van der Waals surface area contributed by atoms with E-state index in [0.717, 1.165) is 18.7 Å². The summed E-state index contributed by atoms with van der Waals surface area (Å²) in [6.45, 7) is 0. The molecule has 0 aliphatic heterocycles. The Balaban J connectivity index is 2.69. The van der Waals surface area contributed by atoms with E-state index in [0.29, 0.717) is 0 Å². The Morgan fingerprint density at radius 3 is 2.38 bits per heavy atom. The smallest absolute Gasteiger partial charge is 0.320 e. The second-order valence-electron chi connectivity index (χ2n) is 2.51. The SMILES string of the molecule is COC(F)(F)C=Cc1ccccc1. The molecule has 1 aromatic rings. The van der Waals surface area contributed by atoms with Crippen molar-refractivity contribution in [2.45, 2.75) is 6.11 Å². The van der Waals surface area contributed by atoms with Gasteiger partial charge in [0.1, 0.15) is 0 Å². The summed E-state index contributed by atoms with van der Waals surface area (Å²) in [6, 6.07) is 8.87. The number of methoxy groups -OCH3 is 1. The highest BCUT2D eigenvalue weighted by molar-refractivity contribution is 5.49. The van der Waals surface area contributed by atoms with Crippen molar-refractivity contribution >= 4 is 6.08 Å². The van der Waals surface area contributed by atoms with Crippen molar-refractivity contribution in [2.24, 2.45) is 0 Å². The van der Waals surface area contributed by atoms with E-state index in [2.05, 4.69) is 4.74 Å². The average Bonchev–Trinajstić information content (AvgIpc) is 2.17. The Kier molecular flexibility index (Phi) is 3.14. The van der Waals surface area contributed by atoms with Crippen LogP contribution in [0.3, 0.4) is 0 Å². The maximum Gasteiger partial charge on any atom is 0.376 e. The summed E-state index contributed by atoms with van der Waals surface area (Å²) in [4.78, 5) is 0. The van der Waals surface area contributed by atoms with Crippen LogP contribution in [0.1, 0.15) is 5.56 Å². The molecule has 1 aromatic carbocycles. The van der Waals surface area contributed by atoms with Crippen molar-refractivity contribution in [3.8, 4) is 0 Å². The monoisotopic (exact) mass is 184 g/mol. The Morgan fingerprint density at radius 2 is 1.85 bits per heavy atom. The van der Waals surface area contributed by atoms with Gasteiger partial charge in [-0.3, -0.25) is 0 Å². The summed E-state index contributed by atoms with van der Waals surface area (Å²) >= 11 is 0. The van der Waals surface area contributed by atoms with E-state index in [1.54, 1.807) is 24.3 Å². The Hall–Kier alpha value is -1.22. The van der Waals surface area contributed by atoms with Gasteiger partial charge in [0.15, 0.2) is 0 Å². The lowest BCUT2D eigenvalue weighted by Gasteiger charge is -2.07. The summed E-state index contributed by atoms with van der Waals surface area (Å²) < 4.78 is 29.0. The normalized spacial score (nSPS) is 12.2. The molecule has 0 saturated heterocycles. The fourth-order valence-electron chi connectivity index (χ4n) is 0.825. The van der Waals surface area contributed by atoms with Crippen LogP contribution in [0, 0.1) is 0 Å². The molecule has 0 atom stereocenters. The molecule has 0 spiro atoms. The van der Waals surface area contributed by atoms with Gasteiger partial charge >= 0.3 is 6.11 Å². The largest absolute Gasteiger partial charge is 0.376 e. The van der Waals surface area contributed by atoms with E-state index in [4.69, 9.17) is 0 Å². The second kappa shape index (κ2) is 4.14. The number of alkyl halides is 2. The van der Waals surface area contributed by atoms with Crippen molar-refractivity contribution in [1.82, 2.24) is 0 Å². The lowest BCUT2D eigenvalue weighted by molar-refractivity contribution is -0.180. The third kappa shape index (κ3) is 3.34. The Morgan fingerprint density at radius 1 is 1.23 bits per heavy atom. The summed E-state index contributed by atoms with van der Waals surface area (Å²) in [6.07, 6.45) is -1.14. The van der Waals surface area contributed by atoms with Crippen LogP contribution in [0.25, 0.3) is 6.08 Å². The molecule has 0 saturated carbocycles. The van der Waals surface area contributed by atoms with E-state index in [1.165, 1.54) is 6.08 Å². The van der Waals surface area contributed by atoms with Crippen molar-refractivity contribution < 1.29 is 13.5 Å². The first-order valence-corrected chi connectivity index (χ1v) is 3.81. The van der Waals surface area contributed by atoms with Gasteiger partial charge in [-0.2, -0.15) is 8.78 Å². The van der Waals surface area contributed by atoms with Gasteiger partial charge in [-0.25, -0.2) is 0 Å². The van der Waals surface area contributed by atoms with Crippen LogP contribution in [0.4, 0.5) is 8.78 Å². The third-order valence-corrected chi connectivity index (χ3v) is 1.54. The molecule has 1 rings (SSSR count). The molecule has 0 fully saturated rings. The van der Waals surface area contributed by atoms with Gasteiger partial charge in [-0.1, -0.05) is 36.4 Å². The topological polar surface area (TPSA) is 9.23 Å². The second-order valence-corrected chi connectivity index (χ2v) is 2.51. The number of ether oxygens (including phenoxy) is 1. The maximum atomic E-state index is 12.5. The predicted molar refractivity (Wildman–Crippen MR) is 47.4 cm³/mol. The van der Waals surface area contributed by atoms with Crippen LogP contribution >= 0.6 is 0 Å². The minimum Gasteiger partial charge on any atom is -0.320 e. The molecule has 0 unspecified atom stereocenters. The molecule has 0 amide bonds. The fraction of sp³-hybridized carbons (Fsp3) is 0.200. The zero-order chi connectivity index (χ0) is 9.73. The minimum atomic E-state index is -3.18. The van der Waals surface area contributed by atoms with E-state index in [-0.39, 0.29) is 0 Å². The van der Waals surface area contributed by atoms with Gasteiger partial charge in [0, 0.05) is 13.2 Å². The maximum absolute atomic E-state index is 12.5. The van der Waals surface area contributed by atoms with Gasteiger partial charge in [-0.15, -0.1) is 0 Å². The van der Waals surface area contributed by atoms with Crippen LogP contribution in [-0.2, 0) is 4.74 Å². The number of hydrogen-bond donors (Lipinski definition) is 0. The number of halogens is 2. The standard InChI is InChI=1S/C10H10F2O/c1-13-10(11,12)8-7-9-5-3-2-4-6-9/h2-8H,1H3.